The molecule has 0 saturated heterocycles. The molecule has 2 N–H and O–H groups in total. The lowest BCUT2D eigenvalue weighted by molar-refractivity contribution is 0.102. The highest BCUT2D eigenvalue weighted by atomic mass is 79.9. The molecule has 1 aromatic carbocycles. The summed E-state index contributed by atoms with van der Waals surface area (Å²) in [7, 11) is 0. The fourth-order valence-electron chi connectivity index (χ4n) is 0.891. The molecule has 0 bridgehead atoms. The molecular weight excluding hydrogens is 277 g/mol. The zero-order valence-electron chi connectivity index (χ0n) is 6.48. The summed E-state index contributed by atoms with van der Waals surface area (Å²) in [4.78, 5) is 11.3. The fourth-order valence-corrected chi connectivity index (χ4v) is 1.75. The predicted molar refractivity (Wildman–Crippen MR) is 59.0 cm³/mol. The molecule has 0 spiro atoms. The quantitative estimate of drug-likeness (QED) is 0.514. The summed E-state index contributed by atoms with van der Waals surface area (Å²) in [6.07, 6.45) is 0. The van der Waals surface area contributed by atoms with Crippen molar-refractivity contribution in [1.29, 1.82) is 0 Å². The highest BCUT2D eigenvalue weighted by molar-refractivity contribution is 9.09. The first-order chi connectivity index (χ1) is 6.07. The Hall–Kier alpha value is -0.250. The molecule has 0 aliphatic heterocycles. The van der Waals surface area contributed by atoms with Crippen molar-refractivity contribution in [2.24, 2.45) is 0 Å². The summed E-state index contributed by atoms with van der Waals surface area (Å²) >= 11 is 14.7. The molecule has 0 amide bonds. The van der Waals surface area contributed by atoms with Gasteiger partial charge in [-0.2, -0.15) is 0 Å². The summed E-state index contributed by atoms with van der Waals surface area (Å²) in [5, 5.41) is 0.719. The topological polar surface area (TPSA) is 43.1 Å². The van der Waals surface area contributed by atoms with Crippen molar-refractivity contribution < 1.29 is 4.79 Å². The van der Waals surface area contributed by atoms with E-state index in [4.69, 9.17) is 28.9 Å². The number of benzene rings is 1. The third-order valence-corrected chi connectivity index (χ3v) is 2.75. The number of carbonyl (C=O) groups excluding carboxylic acids is 1. The van der Waals surface area contributed by atoms with E-state index in [1.54, 1.807) is 12.1 Å². The van der Waals surface area contributed by atoms with E-state index >= 15 is 0 Å². The standard InChI is InChI=1S/C8H6BrCl2NO/c9-3-6(13)7-4(10)1-2-5(12)8(7)11/h1-2H,3,12H2. The Morgan fingerprint density at radius 2 is 2.08 bits per heavy atom. The third-order valence-electron chi connectivity index (χ3n) is 1.52. The van der Waals surface area contributed by atoms with E-state index in [2.05, 4.69) is 15.9 Å². The zero-order valence-corrected chi connectivity index (χ0v) is 9.58. The highest BCUT2D eigenvalue weighted by Crippen LogP contribution is 2.30. The number of Topliss-reactive ketones (excluding diaryl/α,β-unsaturated/α-hetero) is 1. The number of rotatable bonds is 2. The van der Waals surface area contributed by atoms with Gasteiger partial charge in [-0.25, -0.2) is 0 Å². The van der Waals surface area contributed by atoms with Crippen molar-refractivity contribution in [2.75, 3.05) is 11.1 Å². The van der Waals surface area contributed by atoms with Crippen LogP contribution in [0.1, 0.15) is 10.4 Å². The monoisotopic (exact) mass is 281 g/mol. The average molecular weight is 283 g/mol. The van der Waals surface area contributed by atoms with Gasteiger partial charge < -0.3 is 5.73 Å². The average Bonchev–Trinajstić information content (AvgIpc) is 2.12. The number of halogens is 3. The van der Waals surface area contributed by atoms with E-state index < -0.39 is 0 Å². The lowest BCUT2D eigenvalue weighted by Gasteiger charge is -2.05. The van der Waals surface area contributed by atoms with E-state index in [0.717, 1.165) is 0 Å². The second kappa shape index (κ2) is 4.31. The Morgan fingerprint density at radius 3 is 2.62 bits per heavy atom. The third kappa shape index (κ3) is 2.16. The number of anilines is 1. The van der Waals surface area contributed by atoms with Crippen molar-refractivity contribution in [1.82, 2.24) is 0 Å². The molecule has 0 radical (unpaired) electrons. The Balaban J connectivity index is 3.33. The zero-order chi connectivity index (χ0) is 10.0. The first kappa shape index (κ1) is 10.8. The smallest absolute Gasteiger partial charge is 0.176 e. The van der Waals surface area contributed by atoms with Gasteiger partial charge in [-0.15, -0.1) is 0 Å². The Labute approximate surface area is 94.1 Å². The molecule has 5 heteroatoms. The minimum absolute atomic E-state index is 0.176. The number of nitrogens with two attached hydrogens (primary N) is 1. The van der Waals surface area contributed by atoms with Crippen LogP contribution in [0.4, 0.5) is 5.69 Å². The van der Waals surface area contributed by atoms with E-state index in [1.165, 1.54) is 0 Å². The number of ketones is 1. The van der Waals surface area contributed by atoms with Crippen molar-refractivity contribution in [3.63, 3.8) is 0 Å². The largest absolute Gasteiger partial charge is 0.398 e. The summed E-state index contributed by atoms with van der Waals surface area (Å²) < 4.78 is 0. The van der Waals surface area contributed by atoms with Gasteiger partial charge in [-0.1, -0.05) is 39.1 Å². The molecule has 0 aromatic heterocycles. The van der Waals surface area contributed by atoms with Crippen LogP contribution in [0.25, 0.3) is 0 Å². The number of alkyl halides is 1. The van der Waals surface area contributed by atoms with Gasteiger partial charge in [0.25, 0.3) is 0 Å². The van der Waals surface area contributed by atoms with Gasteiger partial charge in [0.2, 0.25) is 0 Å². The fraction of sp³-hybridized carbons (Fsp3) is 0.125. The van der Waals surface area contributed by atoms with Crippen LogP contribution in [-0.4, -0.2) is 11.1 Å². The number of carbonyl (C=O) groups is 1. The Kier molecular flexibility index (Phi) is 3.59. The Morgan fingerprint density at radius 1 is 1.46 bits per heavy atom. The van der Waals surface area contributed by atoms with E-state index in [9.17, 15) is 4.79 Å². The van der Waals surface area contributed by atoms with Gasteiger partial charge in [0.05, 0.1) is 26.6 Å². The van der Waals surface area contributed by atoms with Crippen molar-refractivity contribution in [3.05, 3.63) is 27.7 Å². The van der Waals surface area contributed by atoms with Crippen LogP contribution < -0.4 is 5.73 Å². The molecule has 2 nitrogen and oxygen atoms in total. The maximum absolute atomic E-state index is 11.3. The van der Waals surface area contributed by atoms with Crippen molar-refractivity contribution >= 4 is 50.6 Å². The minimum atomic E-state index is -0.178. The molecule has 0 aliphatic carbocycles. The number of nitrogen functional groups attached to an aromatic ring is 1. The van der Waals surface area contributed by atoms with Gasteiger partial charge >= 0.3 is 0 Å². The molecular formula is C8H6BrCl2NO. The summed E-state index contributed by atoms with van der Waals surface area (Å²) in [5.41, 5.74) is 6.16. The van der Waals surface area contributed by atoms with Crippen molar-refractivity contribution in [3.8, 4) is 0 Å². The van der Waals surface area contributed by atoms with Crippen LogP contribution in [0.2, 0.25) is 10.0 Å². The maximum Gasteiger partial charge on any atom is 0.176 e. The van der Waals surface area contributed by atoms with Gasteiger partial charge in [0.15, 0.2) is 5.78 Å². The first-order valence-corrected chi connectivity index (χ1v) is 5.28. The number of hydrogen-bond donors (Lipinski definition) is 1. The molecule has 0 aliphatic rings. The van der Waals surface area contributed by atoms with Crippen LogP contribution in [0, 0.1) is 0 Å². The summed E-state index contributed by atoms with van der Waals surface area (Å²) in [5.74, 6) is -0.178. The van der Waals surface area contributed by atoms with Gasteiger partial charge in [0, 0.05) is 0 Å². The van der Waals surface area contributed by atoms with Crippen LogP contribution in [-0.2, 0) is 0 Å². The lowest BCUT2D eigenvalue weighted by Crippen LogP contribution is -2.03. The Bertz CT molecular complexity index is 354. The van der Waals surface area contributed by atoms with E-state index in [0.29, 0.717) is 10.7 Å². The molecule has 13 heavy (non-hydrogen) atoms. The molecule has 0 saturated carbocycles. The van der Waals surface area contributed by atoms with Crippen LogP contribution in [0.15, 0.2) is 12.1 Å². The van der Waals surface area contributed by atoms with Gasteiger partial charge in [-0.05, 0) is 12.1 Å². The highest BCUT2D eigenvalue weighted by Gasteiger charge is 2.15. The van der Waals surface area contributed by atoms with Crippen LogP contribution in [0.5, 0.6) is 0 Å². The van der Waals surface area contributed by atoms with E-state index in [1.807, 2.05) is 0 Å². The predicted octanol–water partition coefficient (Wildman–Crippen LogP) is 3.15. The molecule has 0 atom stereocenters. The van der Waals surface area contributed by atoms with Gasteiger partial charge in [-0.3, -0.25) is 4.79 Å². The molecule has 1 rings (SSSR count). The first-order valence-electron chi connectivity index (χ1n) is 3.40. The van der Waals surface area contributed by atoms with E-state index in [-0.39, 0.29) is 21.7 Å². The SMILES string of the molecule is Nc1ccc(Cl)c(C(=O)CBr)c1Cl. The number of hydrogen-bond acceptors (Lipinski definition) is 2. The second-order valence-electron chi connectivity index (χ2n) is 2.38. The van der Waals surface area contributed by atoms with Crippen molar-refractivity contribution in [2.45, 2.75) is 0 Å². The second-order valence-corrected chi connectivity index (χ2v) is 3.73. The molecule has 70 valence electrons. The molecule has 1 aromatic rings. The van der Waals surface area contributed by atoms with Crippen LogP contribution >= 0.6 is 39.1 Å². The molecule has 0 heterocycles. The maximum atomic E-state index is 11.3. The van der Waals surface area contributed by atoms with Gasteiger partial charge in [0.1, 0.15) is 0 Å². The minimum Gasteiger partial charge on any atom is -0.398 e. The molecule has 0 unspecified atom stereocenters. The normalized spacial score (nSPS) is 10.1. The van der Waals surface area contributed by atoms with Crippen LogP contribution in [0.3, 0.4) is 0 Å². The lowest BCUT2D eigenvalue weighted by atomic mass is 10.1. The summed E-state index contributed by atoms with van der Waals surface area (Å²) in [6, 6.07) is 3.12. The molecule has 0 fully saturated rings. The summed E-state index contributed by atoms with van der Waals surface area (Å²) in [6.45, 7) is 0.